The van der Waals surface area contributed by atoms with Crippen LogP contribution in [0.25, 0.3) is 5.57 Å². The molecule has 2 rings (SSSR count). The topological polar surface area (TPSA) is 61.8 Å². The van der Waals surface area contributed by atoms with Crippen LogP contribution in [0.15, 0.2) is 30.3 Å². The molecule has 0 aromatic heterocycles. The van der Waals surface area contributed by atoms with E-state index in [4.69, 9.17) is 11.0 Å². The molecule has 3 nitrogen and oxygen atoms in total. The zero-order valence-corrected chi connectivity index (χ0v) is 7.70. The zero-order chi connectivity index (χ0) is 9.97. The molecule has 0 bridgehead atoms. The lowest BCUT2D eigenvalue weighted by Crippen LogP contribution is -2.23. The minimum atomic E-state index is -0.529. The quantitative estimate of drug-likeness (QED) is 0.694. The van der Waals surface area contributed by atoms with Gasteiger partial charge in [-0.3, -0.25) is 0 Å². The highest BCUT2D eigenvalue weighted by atomic mass is 14.9. The van der Waals surface area contributed by atoms with Crippen molar-refractivity contribution in [2.45, 2.75) is 6.04 Å². The molecule has 1 aromatic carbocycles. The summed E-state index contributed by atoms with van der Waals surface area (Å²) in [5.74, 6) is 0. The monoisotopic (exact) mass is 185 g/mol. The van der Waals surface area contributed by atoms with Crippen LogP contribution in [0.1, 0.15) is 5.56 Å². The van der Waals surface area contributed by atoms with Crippen LogP contribution >= 0.6 is 0 Å². The van der Waals surface area contributed by atoms with Crippen molar-refractivity contribution in [1.82, 2.24) is 0 Å². The van der Waals surface area contributed by atoms with Gasteiger partial charge in [0.1, 0.15) is 6.04 Å². The van der Waals surface area contributed by atoms with E-state index in [0.29, 0.717) is 0 Å². The van der Waals surface area contributed by atoms with Gasteiger partial charge in [0.25, 0.3) is 0 Å². The van der Waals surface area contributed by atoms with E-state index in [0.717, 1.165) is 23.4 Å². The number of nitrogens with two attached hydrogens (primary N) is 1. The number of hydrogen-bond acceptors (Lipinski definition) is 3. The average Bonchev–Trinajstić information content (AvgIpc) is 2.27. The molecule has 0 saturated carbocycles. The predicted octanol–water partition coefficient (Wildman–Crippen LogP) is 1.35. The third-order valence-electron chi connectivity index (χ3n) is 2.33. The molecule has 1 aliphatic heterocycles. The minimum Gasteiger partial charge on any atom is -0.381 e. The second-order valence-electron chi connectivity index (χ2n) is 3.19. The Morgan fingerprint density at radius 3 is 3.00 bits per heavy atom. The molecular weight excluding hydrogens is 174 g/mol. The van der Waals surface area contributed by atoms with Crippen LogP contribution in [0.4, 0.5) is 5.69 Å². The van der Waals surface area contributed by atoms with Crippen LogP contribution in [0.5, 0.6) is 0 Å². The van der Waals surface area contributed by atoms with Crippen molar-refractivity contribution in [1.29, 1.82) is 5.26 Å². The Balaban J connectivity index is 2.46. The van der Waals surface area contributed by atoms with Gasteiger partial charge in [0.15, 0.2) is 0 Å². The summed E-state index contributed by atoms with van der Waals surface area (Å²) in [6.07, 6.45) is 1.97. The molecular formula is C11H11N3. The van der Waals surface area contributed by atoms with Gasteiger partial charge in [-0.15, -0.1) is 0 Å². The molecule has 0 saturated heterocycles. The standard InChI is InChI=1S/C11H11N3/c12-7-10(13)8-5-6-14-11-4-2-1-3-9(8)11/h1-5,10,14H,6,13H2. The summed E-state index contributed by atoms with van der Waals surface area (Å²) >= 11 is 0. The maximum absolute atomic E-state index is 8.78. The first kappa shape index (κ1) is 8.79. The summed E-state index contributed by atoms with van der Waals surface area (Å²) in [7, 11) is 0. The van der Waals surface area contributed by atoms with Crippen LogP contribution in [0.2, 0.25) is 0 Å². The molecule has 70 valence electrons. The third kappa shape index (κ3) is 1.36. The highest BCUT2D eigenvalue weighted by molar-refractivity contribution is 5.82. The van der Waals surface area contributed by atoms with Crippen molar-refractivity contribution in [3.8, 4) is 6.07 Å². The zero-order valence-electron chi connectivity index (χ0n) is 7.70. The van der Waals surface area contributed by atoms with Gasteiger partial charge in [-0.2, -0.15) is 5.26 Å². The number of nitrogens with zero attached hydrogens (tertiary/aromatic N) is 1. The largest absolute Gasteiger partial charge is 0.381 e. The van der Waals surface area contributed by atoms with E-state index in [1.807, 2.05) is 30.3 Å². The van der Waals surface area contributed by atoms with Gasteiger partial charge in [-0.25, -0.2) is 0 Å². The van der Waals surface area contributed by atoms with E-state index in [-0.39, 0.29) is 0 Å². The molecule has 0 aliphatic carbocycles. The fraction of sp³-hybridized carbons (Fsp3) is 0.182. The van der Waals surface area contributed by atoms with E-state index in [1.165, 1.54) is 0 Å². The molecule has 0 amide bonds. The van der Waals surface area contributed by atoms with Crippen molar-refractivity contribution in [2.24, 2.45) is 5.73 Å². The van der Waals surface area contributed by atoms with Gasteiger partial charge in [0.2, 0.25) is 0 Å². The van der Waals surface area contributed by atoms with E-state index in [9.17, 15) is 0 Å². The van der Waals surface area contributed by atoms with E-state index in [2.05, 4.69) is 11.4 Å². The van der Waals surface area contributed by atoms with E-state index in [1.54, 1.807) is 0 Å². The van der Waals surface area contributed by atoms with E-state index >= 15 is 0 Å². The molecule has 0 radical (unpaired) electrons. The van der Waals surface area contributed by atoms with E-state index < -0.39 is 6.04 Å². The number of nitriles is 1. The van der Waals surface area contributed by atoms with Crippen molar-refractivity contribution < 1.29 is 0 Å². The van der Waals surface area contributed by atoms with Crippen LogP contribution in [0, 0.1) is 11.3 Å². The average molecular weight is 185 g/mol. The molecule has 0 spiro atoms. The second-order valence-corrected chi connectivity index (χ2v) is 3.19. The van der Waals surface area contributed by atoms with Gasteiger partial charge >= 0.3 is 0 Å². The molecule has 1 heterocycles. The van der Waals surface area contributed by atoms with Gasteiger partial charge in [0.05, 0.1) is 6.07 Å². The highest BCUT2D eigenvalue weighted by Crippen LogP contribution is 2.28. The second kappa shape index (κ2) is 3.52. The summed E-state index contributed by atoms with van der Waals surface area (Å²) in [5, 5.41) is 12.0. The minimum absolute atomic E-state index is 0.529. The number of fused-ring (bicyclic) bond motifs is 1. The molecule has 1 aliphatic rings. The van der Waals surface area contributed by atoms with Crippen molar-refractivity contribution in [3.05, 3.63) is 35.9 Å². The molecule has 14 heavy (non-hydrogen) atoms. The molecule has 0 fully saturated rings. The first-order valence-corrected chi connectivity index (χ1v) is 4.51. The fourth-order valence-electron chi connectivity index (χ4n) is 1.63. The Labute approximate surface area is 82.8 Å². The number of benzene rings is 1. The summed E-state index contributed by atoms with van der Waals surface area (Å²) in [6, 6.07) is 9.41. The Morgan fingerprint density at radius 2 is 2.21 bits per heavy atom. The molecule has 1 aromatic rings. The lowest BCUT2D eigenvalue weighted by molar-refractivity contribution is 1.04. The van der Waals surface area contributed by atoms with Crippen molar-refractivity contribution >= 4 is 11.3 Å². The lowest BCUT2D eigenvalue weighted by atomic mass is 9.95. The number of anilines is 1. The predicted molar refractivity (Wildman–Crippen MR) is 56.5 cm³/mol. The van der Waals surface area contributed by atoms with Crippen molar-refractivity contribution in [2.75, 3.05) is 11.9 Å². The SMILES string of the molecule is N#CC(N)C1=CCNc2ccccc21. The molecule has 3 N–H and O–H groups in total. The summed E-state index contributed by atoms with van der Waals surface area (Å²) in [4.78, 5) is 0. The number of rotatable bonds is 1. The molecule has 3 heteroatoms. The summed E-state index contributed by atoms with van der Waals surface area (Å²) in [6.45, 7) is 0.738. The summed E-state index contributed by atoms with van der Waals surface area (Å²) < 4.78 is 0. The number of hydrogen-bond donors (Lipinski definition) is 2. The lowest BCUT2D eigenvalue weighted by Gasteiger charge is -2.20. The molecule has 1 atom stereocenters. The number of para-hydroxylation sites is 1. The Hall–Kier alpha value is -1.79. The Kier molecular flexibility index (Phi) is 2.21. The Bertz CT molecular complexity index is 415. The van der Waals surface area contributed by atoms with Gasteiger partial charge in [-0.05, 0) is 11.6 Å². The first-order valence-electron chi connectivity index (χ1n) is 4.51. The Morgan fingerprint density at radius 1 is 1.43 bits per heavy atom. The van der Waals surface area contributed by atoms with Crippen LogP contribution < -0.4 is 11.1 Å². The molecule has 1 unspecified atom stereocenters. The third-order valence-corrected chi connectivity index (χ3v) is 2.33. The highest BCUT2D eigenvalue weighted by Gasteiger charge is 2.16. The maximum Gasteiger partial charge on any atom is 0.119 e. The normalized spacial score (nSPS) is 15.9. The number of nitrogens with one attached hydrogen (secondary N) is 1. The van der Waals surface area contributed by atoms with Gasteiger partial charge < -0.3 is 11.1 Å². The summed E-state index contributed by atoms with van der Waals surface area (Å²) in [5.41, 5.74) is 8.71. The smallest absolute Gasteiger partial charge is 0.119 e. The van der Waals surface area contributed by atoms with Crippen molar-refractivity contribution in [3.63, 3.8) is 0 Å². The fourth-order valence-corrected chi connectivity index (χ4v) is 1.63. The van der Waals surface area contributed by atoms with Gasteiger partial charge in [0, 0.05) is 17.8 Å². The van der Waals surface area contributed by atoms with Crippen LogP contribution in [-0.4, -0.2) is 12.6 Å². The van der Waals surface area contributed by atoms with Gasteiger partial charge in [-0.1, -0.05) is 24.3 Å². The maximum atomic E-state index is 8.78. The first-order chi connectivity index (χ1) is 6.83. The van der Waals surface area contributed by atoms with Crippen LogP contribution in [-0.2, 0) is 0 Å². The van der Waals surface area contributed by atoms with Crippen LogP contribution in [0.3, 0.4) is 0 Å².